The average molecular weight is 427 g/mol. The van der Waals surface area contributed by atoms with Crippen LogP contribution in [0.15, 0.2) is 48.5 Å². The van der Waals surface area contributed by atoms with E-state index in [0.717, 1.165) is 18.5 Å². The molecule has 1 amide bonds. The number of rotatable bonds is 8. The fourth-order valence-electron chi connectivity index (χ4n) is 3.71. The Bertz CT molecular complexity index is 932. The number of nitrogens with two attached hydrogens (primary N) is 1. The number of amides is 1. The summed E-state index contributed by atoms with van der Waals surface area (Å²) in [4.78, 5) is 25.1. The Hall–Kier alpha value is -2.70. The summed E-state index contributed by atoms with van der Waals surface area (Å²) in [7, 11) is 0. The van der Waals surface area contributed by atoms with Gasteiger partial charge in [-0.1, -0.05) is 61.0 Å². The standard InChI is InChI=1S/C23H27ClN4O2/c1-14(23(30)28-12-17-8-7-16(22(25)26)10-19(17)24)9-21(29)20-11-18(13-27-20)15-5-3-2-4-6-15/h2-8,10,14,18,20,27H,9,11-13H2,1H3,(H3,25,26)(H,28,30)/t14-,18+,20-/m1/s1. The zero-order valence-corrected chi connectivity index (χ0v) is 17.7. The molecule has 0 aliphatic carbocycles. The number of carbonyl (C=O) groups excluding carboxylic acids is 2. The van der Waals surface area contributed by atoms with Gasteiger partial charge in [0.05, 0.1) is 6.04 Å². The summed E-state index contributed by atoms with van der Waals surface area (Å²) in [6.45, 7) is 2.79. The van der Waals surface area contributed by atoms with Gasteiger partial charge in [0.1, 0.15) is 5.84 Å². The maximum absolute atomic E-state index is 12.7. The predicted molar refractivity (Wildman–Crippen MR) is 119 cm³/mol. The van der Waals surface area contributed by atoms with Crippen LogP contribution >= 0.6 is 11.6 Å². The summed E-state index contributed by atoms with van der Waals surface area (Å²) in [5, 5.41) is 14.0. The minimum atomic E-state index is -0.426. The summed E-state index contributed by atoms with van der Waals surface area (Å²) >= 11 is 6.21. The summed E-state index contributed by atoms with van der Waals surface area (Å²) < 4.78 is 0. The Morgan fingerprint density at radius 3 is 2.67 bits per heavy atom. The molecule has 1 heterocycles. The highest BCUT2D eigenvalue weighted by atomic mass is 35.5. The Morgan fingerprint density at radius 1 is 1.27 bits per heavy atom. The van der Waals surface area contributed by atoms with Crippen molar-refractivity contribution in [2.24, 2.45) is 11.7 Å². The van der Waals surface area contributed by atoms with E-state index < -0.39 is 5.92 Å². The molecule has 0 unspecified atom stereocenters. The molecule has 1 aliphatic heterocycles. The fraction of sp³-hybridized carbons (Fsp3) is 0.348. The van der Waals surface area contributed by atoms with Crippen LogP contribution in [-0.4, -0.2) is 30.1 Å². The second-order valence-electron chi connectivity index (χ2n) is 7.81. The Balaban J connectivity index is 1.48. The number of ketones is 1. The molecular weight excluding hydrogens is 400 g/mol. The van der Waals surface area contributed by atoms with Gasteiger partial charge in [-0.05, 0) is 29.5 Å². The number of halogens is 1. The molecule has 0 spiro atoms. The number of carbonyl (C=O) groups is 2. The van der Waals surface area contributed by atoms with E-state index in [-0.39, 0.29) is 36.5 Å². The lowest BCUT2D eigenvalue weighted by atomic mass is 9.92. The van der Waals surface area contributed by atoms with E-state index in [9.17, 15) is 9.59 Å². The smallest absolute Gasteiger partial charge is 0.223 e. The molecule has 2 aromatic carbocycles. The van der Waals surface area contributed by atoms with Crippen molar-refractivity contribution in [1.82, 2.24) is 10.6 Å². The number of hydrogen-bond donors (Lipinski definition) is 4. The van der Waals surface area contributed by atoms with Gasteiger partial charge in [-0.15, -0.1) is 0 Å². The molecule has 1 saturated heterocycles. The van der Waals surface area contributed by atoms with Crippen molar-refractivity contribution in [2.45, 2.75) is 38.3 Å². The summed E-state index contributed by atoms with van der Waals surface area (Å²) in [6.07, 6.45) is 0.956. The van der Waals surface area contributed by atoms with Crippen LogP contribution in [0.1, 0.15) is 42.4 Å². The minimum absolute atomic E-state index is 0.0605. The van der Waals surface area contributed by atoms with Crippen LogP contribution in [0.2, 0.25) is 5.02 Å². The first kappa shape index (κ1) is 22.0. The lowest BCUT2D eigenvalue weighted by Crippen LogP contribution is -2.35. The Morgan fingerprint density at radius 2 is 2.00 bits per heavy atom. The number of hydrogen-bond acceptors (Lipinski definition) is 4. The molecule has 0 radical (unpaired) electrons. The van der Waals surface area contributed by atoms with Crippen LogP contribution in [0.3, 0.4) is 0 Å². The fourth-order valence-corrected chi connectivity index (χ4v) is 3.96. The lowest BCUT2D eigenvalue weighted by Gasteiger charge is -2.15. The van der Waals surface area contributed by atoms with E-state index in [4.69, 9.17) is 22.7 Å². The monoisotopic (exact) mass is 426 g/mol. The van der Waals surface area contributed by atoms with Crippen LogP contribution in [0.25, 0.3) is 0 Å². The zero-order valence-electron chi connectivity index (χ0n) is 17.0. The third kappa shape index (κ3) is 5.46. The van der Waals surface area contributed by atoms with Gasteiger partial charge in [0.25, 0.3) is 0 Å². The van der Waals surface area contributed by atoms with Gasteiger partial charge in [0.2, 0.25) is 5.91 Å². The van der Waals surface area contributed by atoms with Crippen molar-refractivity contribution < 1.29 is 9.59 Å². The first-order chi connectivity index (χ1) is 14.3. The largest absolute Gasteiger partial charge is 0.384 e. The van der Waals surface area contributed by atoms with Gasteiger partial charge < -0.3 is 16.4 Å². The lowest BCUT2D eigenvalue weighted by molar-refractivity contribution is -0.129. The number of nitrogen functional groups attached to an aromatic ring is 1. The van der Waals surface area contributed by atoms with Crippen molar-refractivity contribution in [3.8, 4) is 0 Å². The molecule has 3 atom stereocenters. The second kappa shape index (κ2) is 9.87. The van der Waals surface area contributed by atoms with Gasteiger partial charge >= 0.3 is 0 Å². The van der Waals surface area contributed by atoms with Gasteiger partial charge in [-0.25, -0.2) is 0 Å². The van der Waals surface area contributed by atoms with Crippen LogP contribution in [0, 0.1) is 11.3 Å². The summed E-state index contributed by atoms with van der Waals surface area (Å²) in [5.74, 6) is -0.281. The average Bonchev–Trinajstić information content (AvgIpc) is 3.23. The summed E-state index contributed by atoms with van der Waals surface area (Å²) in [5.41, 5.74) is 7.95. The molecule has 2 aromatic rings. The normalized spacial score (nSPS) is 19.3. The second-order valence-corrected chi connectivity index (χ2v) is 8.22. The molecule has 158 valence electrons. The van der Waals surface area contributed by atoms with E-state index >= 15 is 0 Å². The maximum atomic E-state index is 12.7. The first-order valence-electron chi connectivity index (χ1n) is 10.1. The number of nitrogens with one attached hydrogen (secondary N) is 3. The molecule has 0 bridgehead atoms. The van der Waals surface area contributed by atoms with Crippen molar-refractivity contribution in [3.05, 3.63) is 70.2 Å². The van der Waals surface area contributed by atoms with Gasteiger partial charge in [0, 0.05) is 36.0 Å². The van der Waals surface area contributed by atoms with Gasteiger partial charge in [-0.2, -0.15) is 0 Å². The number of amidine groups is 1. The van der Waals surface area contributed by atoms with E-state index in [2.05, 4.69) is 22.8 Å². The molecule has 6 nitrogen and oxygen atoms in total. The molecule has 3 rings (SSSR count). The highest BCUT2D eigenvalue weighted by Gasteiger charge is 2.31. The van der Waals surface area contributed by atoms with Crippen molar-refractivity contribution in [2.75, 3.05) is 6.54 Å². The summed E-state index contributed by atoms with van der Waals surface area (Å²) in [6, 6.07) is 15.0. The van der Waals surface area contributed by atoms with E-state index in [1.807, 2.05) is 18.2 Å². The SMILES string of the molecule is C[C@H](CC(=O)[C@H]1C[C@H](c2ccccc2)CN1)C(=O)NCc1ccc(C(=N)N)cc1Cl. The number of benzene rings is 2. The third-order valence-electron chi connectivity index (χ3n) is 5.56. The van der Waals surface area contributed by atoms with Crippen LogP contribution in [0.5, 0.6) is 0 Å². The van der Waals surface area contributed by atoms with Gasteiger partial charge in [0.15, 0.2) is 5.78 Å². The Kier molecular flexibility index (Phi) is 7.24. The molecule has 1 aliphatic rings. The molecule has 30 heavy (non-hydrogen) atoms. The first-order valence-corrected chi connectivity index (χ1v) is 10.4. The number of Topliss-reactive ketones (excluding diaryl/α,β-unsaturated/α-hetero) is 1. The van der Waals surface area contributed by atoms with E-state index in [1.165, 1.54) is 5.56 Å². The third-order valence-corrected chi connectivity index (χ3v) is 5.91. The van der Waals surface area contributed by atoms with Crippen LogP contribution in [0.4, 0.5) is 0 Å². The van der Waals surface area contributed by atoms with Gasteiger partial charge in [-0.3, -0.25) is 15.0 Å². The maximum Gasteiger partial charge on any atom is 0.223 e. The van der Waals surface area contributed by atoms with Crippen LogP contribution < -0.4 is 16.4 Å². The molecule has 5 N–H and O–H groups in total. The molecule has 0 aromatic heterocycles. The Labute approximate surface area is 181 Å². The van der Waals surface area contributed by atoms with Crippen molar-refractivity contribution in [3.63, 3.8) is 0 Å². The molecule has 7 heteroatoms. The zero-order chi connectivity index (χ0) is 21.7. The van der Waals surface area contributed by atoms with Crippen molar-refractivity contribution in [1.29, 1.82) is 5.41 Å². The minimum Gasteiger partial charge on any atom is -0.384 e. The van der Waals surface area contributed by atoms with E-state index in [0.29, 0.717) is 16.5 Å². The highest BCUT2D eigenvalue weighted by Crippen LogP contribution is 2.27. The van der Waals surface area contributed by atoms with E-state index in [1.54, 1.807) is 25.1 Å². The molecule has 1 fully saturated rings. The topological polar surface area (TPSA) is 108 Å². The molecular formula is C23H27ClN4O2. The van der Waals surface area contributed by atoms with Crippen LogP contribution in [-0.2, 0) is 16.1 Å². The highest BCUT2D eigenvalue weighted by molar-refractivity contribution is 6.31. The molecule has 0 saturated carbocycles. The predicted octanol–water partition coefficient (Wildman–Crippen LogP) is 2.98. The van der Waals surface area contributed by atoms with Crippen molar-refractivity contribution >= 4 is 29.1 Å². The quantitative estimate of drug-likeness (QED) is 0.384.